The molecule has 1 aromatic carbocycles. The molecule has 2 heterocycles. The molecular weight excluding hydrogens is 332 g/mol. The molecule has 0 radical (unpaired) electrons. The molecule has 2 aromatic rings. The number of aryl methyl sites for hydroxylation is 1. The van der Waals surface area contributed by atoms with Gasteiger partial charge in [0.2, 0.25) is 11.0 Å². The Balaban J connectivity index is 1.55. The highest BCUT2D eigenvalue weighted by atomic mass is 35.5. The van der Waals surface area contributed by atoms with Crippen LogP contribution in [0.25, 0.3) is 0 Å². The largest absolute Gasteiger partial charge is 0.343 e. The van der Waals surface area contributed by atoms with E-state index in [9.17, 15) is 4.79 Å². The molecule has 1 fully saturated rings. The van der Waals surface area contributed by atoms with Crippen molar-refractivity contribution in [1.29, 1.82) is 0 Å². The quantitative estimate of drug-likeness (QED) is 0.850. The van der Waals surface area contributed by atoms with Crippen molar-refractivity contribution < 1.29 is 4.79 Å². The summed E-state index contributed by atoms with van der Waals surface area (Å²) in [6, 6.07) is 7.49. The fraction of sp³-hybridized carbons (Fsp3) is 0.438. The monoisotopic (exact) mass is 350 g/mol. The number of anilines is 1. The maximum Gasteiger partial charge on any atom is 0.227 e. The van der Waals surface area contributed by atoms with Crippen molar-refractivity contribution in [2.45, 2.75) is 19.8 Å². The van der Waals surface area contributed by atoms with Gasteiger partial charge in [-0.3, -0.25) is 4.79 Å². The van der Waals surface area contributed by atoms with E-state index in [0.29, 0.717) is 11.4 Å². The Morgan fingerprint density at radius 3 is 2.74 bits per heavy atom. The lowest BCUT2D eigenvalue weighted by molar-refractivity contribution is -0.130. The van der Waals surface area contributed by atoms with Crippen LogP contribution < -0.4 is 4.90 Å². The third kappa shape index (κ3) is 4.00. The number of aromatic nitrogens is 2. The van der Waals surface area contributed by atoms with E-state index in [4.69, 9.17) is 11.6 Å². The summed E-state index contributed by atoms with van der Waals surface area (Å²) in [7, 11) is 0. The molecule has 1 aliphatic rings. The molecule has 1 amide bonds. The molecular formula is C16H19ClN4OS. The van der Waals surface area contributed by atoms with Gasteiger partial charge in [0.25, 0.3) is 0 Å². The Kier molecular flexibility index (Phi) is 5.13. The number of benzene rings is 1. The number of carbonyl (C=O) groups excluding carboxylic acids is 1. The molecule has 0 N–H and O–H groups in total. The zero-order chi connectivity index (χ0) is 16.2. The highest BCUT2D eigenvalue weighted by molar-refractivity contribution is 7.09. The maximum atomic E-state index is 12.4. The second kappa shape index (κ2) is 7.27. The predicted molar refractivity (Wildman–Crippen MR) is 93.2 cm³/mol. The number of nitrogens with zero attached hydrogens (tertiary/aromatic N) is 4. The molecule has 1 saturated heterocycles. The van der Waals surface area contributed by atoms with E-state index in [2.05, 4.69) is 21.2 Å². The second-order valence-electron chi connectivity index (χ2n) is 5.52. The van der Waals surface area contributed by atoms with Crippen LogP contribution in [0.15, 0.2) is 24.3 Å². The average molecular weight is 351 g/mol. The van der Waals surface area contributed by atoms with E-state index >= 15 is 0 Å². The molecule has 122 valence electrons. The number of halogens is 1. The van der Waals surface area contributed by atoms with Crippen molar-refractivity contribution in [3.8, 4) is 0 Å². The van der Waals surface area contributed by atoms with Gasteiger partial charge in [0.05, 0.1) is 6.42 Å². The standard InChI is InChI=1S/C16H19ClN4OS/c1-2-14-18-16(23-19-14)21-8-6-20(7-9-21)15(22)11-12-4-3-5-13(17)10-12/h3-5,10H,2,6-9,11H2,1H3. The number of carbonyl (C=O) groups is 1. The van der Waals surface area contributed by atoms with Crippen LogP contribution in [-0.2, 0) is 17.6 Å². The zero-order valence-electron chi connectivity index (χ0n) is 13.0. The number of amides is 1. The molecule has 0 atom stereocenters. The van der Waals surface area contributed by atoms with Gasteiger partial charge in [-0.1, -0.05) is 30.7 Å². The van der Waals surface area contributed by atoms with Crippen molar-refractivity contribution in [1.82, 2.24) is 14.3 Å². The van der Waals surface area contributed by atoms with Crippen LogP contribution in [0, 0.1) is 0 Å². The first-order valence-corrected chi connectivity index (χ1v) is 8.90. The summed E-state index contributed by atoms with van der Waals surface area (Å²) >= 11 is 7.41. The Bertz CT molecular complexity index is 682. The van der Waals surface area contributed by atoms with Gasteiger partial charge in [-0.2, -0.15) is 4.37 Å². The first-order chi connectivity index (χ1) is 11.2. The lowest BCUT2D eigenvalue weighted by Gasteiger charge is -2.34. The number of hydrogen-bond acceptors (Lipinski definition) is 5. The van der Waals surface area contributed by atoms with Gasteiger partial charge < -0.3 is 9.80 Å². The molecule has 1 aliphatic heterocycles. The minimum atomic E-state index is 0.151. The van der Waals surface area contributed by atoms with Gasteiger partial charge in [0.1, 0.15) is 5.82 Å². The third-order valence-corrected chi connectivity index (χ3v) is 4.97. The minimum Gasteiger partial charge on any atom is -0.343 e. The minimum absolute atomic E-state index is 0.151. The Labute approximate surface area is 145 Å². The maximum absolute atomic E-state index is 12.4. The molecule has 0 unspecified atom stereocenters. The Morgan fingerprint density at radius 2 is 2.09 bits per heavy atom. The Hall–Kier alpha value is -1.66. The predicted octanol–water partition coefficient (Wildman–Crippen LogP) is 2.65. The van der Waals surface area contributed by atoms with Crippen LogP contribution in [0.3, 0.4) is 0 Å². The zero-order valence-corrected chi connectivity index (χ0v) is 14.6. The van der Waals surface area contributed by atoms with E-state index in [-0.39, 0.29) is 5.91 Å². The van der Waals surface area contributed by atoms with Crippen LogP contribution in [0.1, 0.15) is 18.3 Å². The fourth-order valence-electron chi connectivity index (χ4n) is 2.60. The highest BCUT2D eigenvalue weighted by Gasteiger charge is 2.23. The number of piperazine rings is 1. The topological polar surface area (TPSA) is 49.3 Å². The van der Waals surface area contributed by atoms with Crippen LogP contribution >= 0.6 is 23.1 Å². The summed E-state index contributed by atoms with van der Waals surface area (Å²) < 4.78 is 4.32. The van der Waals surface area contributed by atoms with Crippen molar-refractivity contribution in [3.05, 3.63) is 40.7 Å². The smallest absolute Gasteiger partial charge is 0.227 e. The van der Waals surface area contributed by atoms with Crippen molar-refractivity contribution in [2.75, 3.05) is 31.1 Å². The molecule has 0 aliphatic carbocycles. The first-order valence-electron chi connectivity index (χ1n) is 7.75. The summed E-state index contributed by atoms with van der Waals surface area (Å²) in [4.78, 5) is 21.1. The second-order valence-corrected chi connectivity index (χ2v) is 6.69. The van der Waals surface area contributed by atoms with Gasteiger partial charge in [-0.15, -0.1) is 0 Å². The van der Waals surface area contributed by atoms with Gasteiger partial charge >= 0.3 is 0 Å². The number of hydrogen-bond donors (Lipinski definition) is 0. The molecule has 23 heavy (non-hydrogen) atoms. The summed E-state index contributed by atoms with van der Waals surface area (Å²) in [6.45, 7) is 5.11. The van der Waals surface area contributed by atoms with E-state index < -0.39 is 0 Å². The molecule has 3 rings (SSSR count). The van der Waals surface area contributed by atoms with Crippen LogP contribution in [-0.4, -0.2) is 46.3 Å². The van der Waals surface area contributed by atoms with Gasteiger partial charge in [-0.05, 0) is 17.7 Å². The first kappa shape index (κ1) is 16.2. The average Bonchev–Trinajstić information content (AvgIpc) is 3.04. The van der Waals surface area contributed by atoms with E-state index in [0.717, 1.165) is 49.1 Å². The van der Waals surface area contributed by atoms with Crippen LogP contribution in [0.5, 0.6) is 0 Å². The van der Waals surface area contributed by atoms with Crippen molar-refractivity contribution in [3.63, 3.8) is 0 Å². The molecule has 5 nitrogen and oxygen atoms in total. The van der Waals surface area contributed by atoms with Crippen LogP contribution in [0.2, 0.25) is 5.02 Å². The highest BCUT2D eigenvalue weighted by Crippen LogP contribution is 2.20. The summed E-state index contributed by atoms with van der Waals surface area (Å²) in [5.41, 5.74) is 0.960. The third-order valence-electron chi connectivity index (χ3n) is 3.92. The van der Waals surface area contributed by atoms with Crippen molar-refractivity contribution in [2.24, 2.45) is 0 Å². The lowest BCUT2D eigenvalue weighted by Crippen LogP contribution is -2.49. The van der Waals surface area contributed by atoms with Gasteiger partial charge in [0, 0.05) is 49.2 Å². The molecule has 1 aromatic heterocycles. The van der Waals surface area contributed by atoms with Crippen LogP contribution in [0.4, 0.5) is 5.13 Å². The fourth-order valence-corrected chi connectivity index (χ4v) is 3.61. The van der Waals surface area contributed by atoms with E-state index in [1.54, 1.807) is 0 Å². The van der Waals surface area contributed by atoms with E-state index in [1.165, 1.54) is 11.5 Å². The molecule has 0 bridgehead atoms. The van der Waals surface area contributed by atoms with E-state index in [1.807, 2.05) is 29.2 Å². The normalized spacial score (nSPS) is 15.0. The lowest BCUT2D eigenvalue weighted by atomic mass is 10.1. The Morgan fingerprint density at radius 1 is 1.30 bits per heavy atom. The summed E-state index contributed by atoms with van der Waals surface area (Å²) in [5.74, 6) is 1.04. The molecule has 0 saturated carbocycles. The van der Waals surface area contributed by atoms with Gasteiger partial charge in [-0.25, -0.2) is 4.98 Å². The summed E-state index contributed by atoms with van der Waals surface area (Å²) in [6.07, 6.45) is 1.26. The SMILES string of the molecule is CCc1nsc(N2CCN(C(=O)Cc3cccc(Cl)c3)CC2)n1. The molecule has 7 heteroatoms. The summed E-state index contributed by atoms with van der Waals surface area (Å²) in [5, 5.41) is 1.63. The molecule has 0 spiro atoms. The number of rotatable bonds is 4. The van der Waals surface area contributed by atoms with Gasteiger partial charge in [0.15, 0.2) is 0 Å². The van der Waals surface area contributed by atoms with Crippen molar-refractivity contribution >= 4 is 34.2 Å².